The SMILES string of the molecule is c1ccc(-c2ccc(-c3ccnc4ccccc34)c(-c3ccccc3)c2-c2ccccc2)cc1. The standard InChI is InChI=1S/C33H23N/c1-4-12-24(13-5-1)27-20-21-30(28-22-23-34-31-19-11-10-18-29(28)31)33(26-16-8-3-9-17-26)32(27)25-14-6-2-7-15-25/h1-23H. The van der Waals surface area contributed by atoms with Crippen LogP contribution >= 0.6 is 0 Å². The van der Waals surface area contributed by atoms with Gasteiger partial charge in [-0.3, -0.25) is 4.98 Å². The lowest BCUT2D eigenvalue weighted by Gasteiger charge is -2.21. The minimum absolute atomic E-state index is 1.01. The van der Waals surface area contributed by atoms with Crippen LogP contribution in [0.4, 0.5) is 0 Å². The minimum atomic E-state index is 1.01. The van der Waals surface area contributed by atoms with E-state index < -0.39 is 0 Å². The lowest BCUT2D eigenvalue weighted by molar-refractivity contribution is 1.41. The summed E-state index contributed by atoms with van der Waals surface area (Å²) < 4.78 is 0. The van der Waals surface area contributed by atoms with E-state index in [9.17, 15) is 0 Å². The summed E-state index contributed by atoms with van der Waals surface area (Å²) in [6.45, 7) is 0. The maximum Gasteiger partial charge on any atom is 0.0708 e. The van der Waals surface area contributed by atoms with E-state index >= 15 is 0 Å². The Morgan fingerprint density at radius 2 is 0.853 bits per heavy atom. The smallest absolute Gasteiger partial charge is 0.0708 e. The first kappa shape index (κ1) is 20.1. The first-order valence-corrected chi connectivity index (χ1v) is 11.6. The number of hydrogen-bond acceptors (Lipinski definition) is 1. The van der Waals surface area contributed by atoms with Gasteiger partial charge in [0, 0.05) is 11.6 Å². The van der Waals surface area contributed by atoms with Gasteiger partial charge in [0.05, 0.1) is 5.52 Å². The molecule has 0 fully saturated rings. The predicted octanol–water partition coefficient (Wildman–Crippen LogP) is 8.90. The molecule has 6 rings (SSSR count). The maximum atomic E-state index is 4.62. The molecule has 0 saturated heterocycles. The van der Waals surface area contributed by atoms with Crippen molar-refractivity contribution in [1.82, 2.24) is 4.98 Å². The van der Waals surface area contributed by atoms with E-state index in [4.69, 9.17) is 0 Å². The van der Waals surface area contributed by atoms with Crippen LogP contribution in [0.2, 0.25) is 0 Å². The van der Waals surface area contributed by atoms with Gasteiger partial charge in [-0.2, -0.15) is 0 Å². The maximum absolute atomic E-state index is 4.62. The Balaban J connectivity index is 1.77. The summed E-state index contributed by atoms with van der Waals surface area (Å²) in [6, 6.07) is 47.2. The normalized spacial score (nSPS) is 10.9. The highest BCUT2D eigenvalue weighted by Gasteiger charge is 2.20. The molecule has 0 N–H and O–H groups in total. The first-order valence-electron chi connectivity index (χ1n) is 11.6. The van der Waals surface area contributed by atoms with E-state index in [2.05, 4.69) is 132 Å². The fourth-order valence-electron chi connectivity index (χ4n) is 4.83. The molecule has 0 unspecified atom stereocenters. The largest absolute Gasteiger partial charge is 0.256 e. The quantitative estimate of drug-likeness (QED) is 0.270. The minimum Gasteiger partial charge on any atom is -0.256 e. The van der Waals surface area contributed by atoms with E-state index in [0.29, 0.717) is 0 Å². The van der Waals surface area contributed by atoms with E-state index in [0.717, 1.165) is 10.9 Å². The number of pyridine rings is 1. The molecule has 1 aromatic heterocycles. The van der Waals surface area contributed by atoms with Crippen LogP contribution in [-0.2, 0) is 0 Å². The number of nitrogens with zero attached hydrogens (tertiary/aromatic N) is 1. The summed E-state index contributed by atoms with van der Waals surface area (Å²) in [4.78, 5) is 4.62. The van der Waals surface area contributed by atoms with Crippen molar-refractivity contribution in [2.45, 2.75) is 0 Å². The zero-order chi connectivity index (χ0) is 22.7. The number of para-hydroxylation sites is 1. The van der Waals surface area contributed by atoms with Crippen LogP contribution in [0.15, 0.2) is 140 Å². The topological polar surface area (TPSA) is 12.9 Å². The summed E-state index contributed by atoms with van der Waals surface area (Å²) >= 11 is 0. The Labute approximate surface area is 200 Å². The van der Waals surface area contributed by atoms with E-state index in [1.54, 1.807) is 0 Å². The summed E-state index contributed by atoms with van der Waals surface area (Å²) in [5, 5.41) is 1.16. The van der Waals surface area contributed by atoms with Crippen LogP contribution in [0.3, 0.4) is 0 Å². The summed E-state index contributed by atoms with van der Waals surface area (Å²) in [5.41, 5.74) is 10.8. The summed E-state index contributed by atoms with van der Waals surface area (Å²) in [5.74, 6) is 0. The number of fused-ring (bicyclic) bond motifs is 1. The third kappa shape index (κ3) is 3.58. The molecule has 0 radical (unpaired) electrons. The third-order valence-electron chi connectivity index (χ3n) is 6.35. The van der Waals surface area contributed by atoms with Gasteiger partial charge in [-0.25, -0.2) is 0 Å². The average molecular weight is 434 g/mol. The Morgan fingerprint density at radius 3 is 1.50 bits per heavy atom. The van der Waals surface area contributed by atoms with Gasteiger partial charge in [-0.15, -0.1) is 0 Å². The second-order valence-electron chi connectivity index (χ2n) is 8.38. The monoisotopic (exact) mass is 433 g/mol. The van der Waals surface area contributed by atoms with Crippen molar-refractivity contribution < 1.29 is 0 Å². The third-order valence-corrected chi connectivity index (χ3v) is 6.35. The van der Waals surface area contributed by atoms with Gasteiger partial charge in [-0.1, -0.05) is 121 Å². The highest BCUT2D eigenvalue weighted by atomic mass is 14.6. The van der Waals surface area contributed by atoms with Crippen LogP contribution in [0.1, 0.15) is 0 Å². The summed E-state index contributed by atoms with van der Waals surface area (Å²) in [7, 11) is 0. The van der Waals surface area contributed by atoms with Crippen molar-refractivity contribution in [3.05, 3.63) is 140 Å². The van der Waals surface area contributed by atoms with Crippen LogP contribution in [-0.4, -0.2) is 4.98 Å². The molecule has 34 heavy (non-hydrogen) atoms. The second-order valence-corrected chi connectivity index (χ2v) is 8.38. The molecule has 0 aliphatic carbocycles. The molecule has 6 aromatic rings. The number of aromatic nitrogens is 1. The van der Waals surface area contributed by atoms with Gasteiger partial charge in [-0.05, 0) is 56.6 Å². The van der Waals surface area contributed by atoms with Gasteiger partial charge >= 0.3 is 0 Å². The average Bonchev–Trinajstić information content (AvgIpc) is 2.93. The van der Waals surface area contributed by atoms with Gasteiger partial charge in [0.2, 0.25) is 0 Å². The molecule has 0 saturated carbocycles. The lowest BCUT2D eigenvalue weighted by Crippen LogP contribution is -1.95. The van der Waals surface area contributed by atoms with Gasteiger partial charge in [0.1, 0.15) is 0 Å². The Hall–Kier alpha value is -4.49. The van der Waals surface area contributed by atoms with E-state index in [-0.39, 0.29) is 0 Å². The molecule has 0 amide bonds. The molecular formula is C33H23N. The number of hydrogen-bond donors (Lipinski definition) is 0. The Morgan fingerprint density at radius 1 is 0.353 bits per heavy atom. The van der Waals surface area contributed by atoms with Crippen molar-refractivity contribution in [2.24, 2.45) is 0 Å². The molecule has 0 aliphatic rings. The molecule has 0 bridgehead atoms. The first-order chi connectivity index (χ1) is 16.9. The van der Waals surface area contributed by atoms with Crippen molar-refractivity contribution in [2.75, 3.05) is 0 Å². The van der Waals surface area contributed by atoms with E-state index in [1.807, 2.05) is 12.3 Å². The van der Waals surface area contributed by atoms with Crippen molar-refractivity contribution in [1.29, 1.82) is 0 Å². The van der Waals surface area contributed by atoms with Gasteiger partial charge < -0.3 is 0 Å². The summed E-state index contributed by atoms with van der Waals surface area (Å²) in [6.07, 6.45) is 1.92. The van der Waals surface area contributed by atoms with Crippen LogP contribution in [0.25, 0.3) is 55.4 Å². The van der Waals surface area contributed by atoms with E-state index in [1.165, 1.54) is 44.5 Å². The zero-order valence-electron chi connectivity index (χ0n) is 18.7. The van der Waals surface area contributed by atoms with Crippen LogP contribution in [0, 0.1) is 0 Å². The molecule has 1 nitrogen and oxygen atoms in total. The molecular weight excluding hydrogens is 410 g/mol. The highest BCUT2D eigenvalue weighted by Crippen LogP contribution is 2.46. The molecule has 0 aliphatic heterocycles. The van der Waals surface area contributed by atoms with Gasteiger partial charge in [0.25, 0.3) is 0 Å². The fraction of sp³-hybridized carbons (Fsp3) is 0. The van der Waals surface area contributed by atoms with Crippen LogP contribution < -0.4 is 0 Å². The zero-order valence-corrected chi connectivity index (χ0v) is 18.7. The van der Waals surface area contributed by atoms with Gasteiger partial charge in [0.15, 0.2) is 0 Å². The Bertz CT molecular complexity index is 1560. The fourth-order valence-corrected chi connectivity index (χ4v) is 4.83. The number of rotatable bonds is 4. The predicted molar refractivity (Wildman–Crippen MR) is 143 cm³/mol. The van der Waals surface area contributed by atoms with Crippen molar-refractivity contribution in [3.63, 3.8) is 0 Å². The highest BCUT2D eigenvalue weighted by molar-refractivity contribution is 6.06. The van der Waals surface area contributed by atoms with Crippen LogP contribution in [0.5, 0.6) is 0 Å². The molecule has 1 heterocycles. The molecule has 5 aromatic carbocycles. The van der Waals surface area contributed by atoms with Crippen molar-refractivity contribution in [3.8, 4) is 44.5 Å². The Kier molecular flexibility index (Phi) is 5.21. The lowest BCUT2D eigenvalue weighted by atomic mass is 9.82. The molecule has 160 valence electrons. The second kappa shape index (κ2) is 8.80. The molecule has 1 heteroatoms. The number of benzene rings is 5. The molecule has 0 atom stereocenters. The van der Waals surface area contributed by atoms with Crippen molar-refractivity contribution >= 4 is 10.9 Å². The molecule has 0 spiro atoms.